The van der Waals surface area contributed by atoms with Gasteiger partial charge in [0.1, 0.15) is 5.82 Å². The number of hydrogen-bond acceptors (Lipinski definition) is 2. The fraction of sp³-hybridized carbons (Fsp3) is 0.360. The van der Waals surface area contributed by atoms with Gasteiger partial charge in [-0.25, -0.2) is 4.39 Å². The largest absolute Gasteiger partial charge is 0.325 e. The van der Waals surface area contributed by atoms with Crippen LogP contribution in [0.2, 0.25) is 5.02 Å². The molecule has 3 nitrogen and oxygen atoms in total. The molecule has 0 saturated heterocycles. The molecule has 1 spiro atoms. The molecule has 2 saturated carbocycles. The number of rotatable bonds is 3. The Kier molecular flexibility index (Phi) is 4.98. The van der Waals surface area contributed by atoms with Gasteiger partial charge in [-0.15, -0.1) is 0 Å². The first-order chi connectivity index (χ1) is 14.5. The van der Waals surface area contributed by atoms with E-state index in [1.807, 2.05) is 30.5 Å². The number of carbonyl (C=O) groups is 1. The van der Waals surface area contributed by atoms with Gasteiger partial charge in [-0.2, -0.15) is 0 Å². The molecule has 2 aliphatic rings. The van der Waals surface area contributed by atoms with Crippen LogP contribution < -0.4 is 5.32 Å². The molecular weight excluding hydrogens is 399 g/mol. The normalized spacial score (nSPS) is 25.8. The highest BCUT2D eigenvalue weighted by atomic mass is 35.5. The minimum atomic E-state index is -0.213. The van der Waals surface area contributed by atoms with E-state index in [0.29, 0.717) is 16.6 Å². The van der Waals surface area contributed by atoms with Crippen molar-refractivity contribution in [3.63, 3.8) is 0 Å². The Morgan fingerprint density at radius 3 is 2.63 bits per heavy atom. The molecule has 1 amide bonds. The lowest BCUT2D eigenvalue weighted by Crippen LogP contribution is -2.45. The zero-order chi connectivity index (χ0) is 20.7. The number of pyridine rings is 1. The van der Waals surface area contributed by atoms with Crippen molar-refractivity contribution in [3.05, 3.63) is 71.1 Å². The van der Waals surface area contributed by atoms with Crippen LogP contribution >= 0.6 is 11.6 Å². The number of benzene rings is 2. The summed E-state index contributed by atoms with van der Waals surface area (Å²) >= 11 is 6.16. The molecule has 0 atom stereocenters. The van der Waals surface area contributed by atoms with Gasteiger partial charge in [0.15, 0.2) is 0 Å². The highest BCUT2D eigenvalue weighted by Crippen LogP contribution is 2.57. The molecule has 0 unspecified atom stereocenters. The van der Waals surface area contributed by atoms with Crippen molar-refractivity contribution in [3.8, 4) is 0 Å². The van der Waals surface area contributed by atoms with Crippen molar-refractivity contribution < 1.29 is 9.18 Å². The van der Waals surface area contributed by atoms with Crippen LogP contribution in [0.3, 0.4) is 0 Å². The van der Waals surface area contributed by atoms with Crippen molar-refractivity contribution in [1.82, 2.24) is 4.98 Å². The monoisotopic (exact) mass is 422 g/mol. The molecule has 5 heteroatoms. The number of carbonyl (C=O) groups excluding carboxylic acids is 1. The van der Waals surface area contributed by atoms with Gasteiger partial charge in [-0.3, -0.25) is 9.78 Å². The molecule has 3 aromatic rings. The predicted molar refractivity (Wildman–Crippen MR) is 118 cm³/mol. The SMILES string of the molecule is O=C(Nc1ccccc1Cl)C1CC2(CCC(c3ccnc4ccc(F)cc34)CC2)C1. The summed E-state index contributed by atoms with van der Waals surface area (Å²) in [4.78, 5) is 17.0. The minimum Gasteiger partial charge on any atom is -0.325 e. The van der Waals surface area contributed by atoms with Crippen LogP contribution in [0.25, 0.3) is 10.9 Å². The maximum atomic E-state index is 13.8. The van der Waals surface area contributed by atoms with Gasteiger partial charge in [0, 0.05) is 17.5 Å². The topological polar surface area (TPSA) is 42.0 Å². The smallest absolute Gasteiger partial charge is 0.227 e. The Morgan fingerprint density at radius 2 is 1.87 bits per heavy atom. The molecule has 2 fully saturated rings. The number of hydrogen-bond donors (Lipinski definition) is 1. The Labute approximate surface area is 180 Å². The number of halogens is 2. The lowest BCUT2D eigenvalue weighted by molar-refractivity contribution is -0.128. The second-order valence-corrected chi connectivity index (χ2v) is 9.32. The van der Waals surface area contributed by atoms with Gasteiger partial charge < -0.3 is 5.32 Å². The van der Waals surface area contributed by atoms with E-state index in [0.717, 1.165) is 49.4 Å². The molecule has 30 heavy (non-hydrogen) atoms. The first-order valence-corrected chi connectivity index (χ1v) is 11.0. The summed E-state index contributed by atoms with van der Waals surface area (Å²) in [6.07, 6.45) is 8.12. The van der Waals surface area contributed by atoms with E-state index >= 15 is 0 Å². The number of nitrogens with one attached hydrogen (secondary N) is 1. The van der Waals surface area contributed by atoms with Crippen LogP contribution in [0.1, 0.15) is 50.0 Å². The average Bonchev–Trinajstić information content (AvgIpc) is 2.73. The van der Waals surface area contributed by atoms with E-state index in [1.54, 1.807) is 18.2 Å². The molecule has 0 radical (unpaired) electrons. The lowest BCUT2D eigenvalue weighted by Gasteiger charge is -2.51. The molecule has 2 aromatic carbocycles. The van der Waals surface area contributed by atoms with E-state index in [4.69, 9.17) is 11.6 Å². The number of fused-ring (bicyclic) bond motifs is 1. The Morgan fingerprint density at radius 1 is 1.10 bits per heavy atom. The Bertz CT molecular complexity index is 1100. The summed E-state index contributed by atoms with van der Waals surface area (Å²) in [7, 11) is 0. The lowest BCUT2D eigenvalue weighted by atomic mass is 9.54. The van der Waals surface area contributed by atoms with Crippen LogP contribution in [0.5, 0.6) is 0 Å². The third-order valence-electron chi connectivity index (χ3n) is 7.08. The van der Waals surface area contributed by atoms with E-state index in [2.05, 4.69) is 10.3 Å². The average molecular weight is 423 g/mol. The minimum absolute atomic E-state index is 0.0636. The van der Waals surface area contributed by atoms with Crippen molar-refractivity contribution in [2.24, 2.45) is 11.3 Å². The standard InChI is InChI=1S/C25H24ClFN2O/c26-21-3-1-2-4-23(21)29-24(30)17-14-25(15-17)10-7-16(8-11-25)19-9-12-28-22-6-5-18(27)13-20(19)22/h1-6,9,12-13,16-17H,7-8,10-11,14-15H2,(H,29,30). The van der Waals surface area contributed by atoms with Crippen LogP contribution in [-0.2, 0) is 4.79 Å². The van der Waals surface area contributed by atoms with Crippen molar-refractivity contribution in [2.75, 3.05) is 5.32 Å². The third kappa shape index (κ3) is 3.58. The molecule has 1 aromatic heterocycles. The zero-order valence-corrected chi connectivity index (χ0v) is 17.5. The van der Waals surface area contributed by atoms with Crippen molar-refractivity contribution >= 4 is 34.1 Å². The highest BCUT2D eigenvalue weighted by molar-refractivity contribution is 6.33. The maximum Gasteiger partial charge on any atom is 0.227 e. The number of nitrogens with zero attached hydrogens (tertiary/aromatic N) is 1. The van der Waals surface area contributed by atoms with Crippen LogP contribution in [0.4, 0.5) is 10.1 Å². The molecule has 1 N–H and O–H groups in total. The van der Waals surface area contributed by atoms with Crippen LogP contribution in [0, 0.1) is 17.2 Å². The predicted octanol–water partition coefficient (Wildman–Crippen LogP) is 6.72. The number of anilines is 1. The highest BCUT2D eigenvalue weighted by Gasteiger charge is 2.48. The fourth-order valence-corrected chi connectivity index (χ4v) is 5.60. The van der Waals surface area contributed by atoms with Crippen molar-refractivity contribution in [2.45, 2.75) is 44.4 Å². The van der Waals surface area contributed by atoms with E-state index in [9.17, 15) is 9.18 Å². The van der Waals surface area contributed by atoms with Gasteiger partial charge in [0.25, 0.3) is 0 Å². The summed E-state index contributed by atoms with van der Waals surface area (Å²) < 4.78 is 13.8. The summed E-state index contributed by atoms with van der Waals surface area (Å²) in [5.41, 5.74) is 3.04. The summed E-state index contributed by atoms with van der Waals surface area (Å²) in [5.74, 6) is 0.356. The quantitative estimate of drug-likeness (QED) is 0.509. The van der Waals surface area contributed by atoms with E-state index in [-0.39, 0.29) is 23.1 Å². The third-order valence-corrected chi connectivity index (χ3v) is 7.41. The summed E-state index contributed by atoms with van der Waals surface area (Å²) in [6, 6.07) is 14.2. The van der Waals surface area contributed by atoms with Gasteiger partial charge in [0.2, 0.25) is 5.91 Å². The second kappa shape index (κ2) is 7.66. The number of amides is 1. The van der Waals surface area contributed by atoms with Crippen LogP contribution in [0.15, 0.2) is 54.7 Å². The van der Waals surface area contributed by atoms with Gasteiger partial charge >= 0.3 is 0 Å². The van der Waals surface area contributed by atoms with Gasteiger partial charge in [-0.05, 0) is 91.8 Å². The van der Waals surface area contributed by atoms with E-state index in [1.165, 1.54) is 11.6 Å². The number of aromatic nitrogens is 1. The molecule has 1 heterocycles. The van der Waals surface area contributed by atoms with Gasteiger partial charge in [-0.1, -0.05) is 23.7 Å². The van der Waals surface area contributed by atoms with Crippen molar-refractivity contribution in [1.29, 1.82) is 0 Å². The summed E-state index contributed by atoms with van der Waals surface area (Å²) in [6.45, 7) is 0. The molecule has 0 aliphatic heterocycles. The maximum absolute atomic E-state index is 13.8. The Balaban J connectivity index is 1.22. The molecular formula is C25H24ClFN2O. The number of para-hydroxylation sites is 1. The zero-order valence-electron chi connectivity index (χ0n) is 16.7. The Hall–Kier alpha value is -2.46. The molecule has 154 valence electrons. The second-order valence-electron chi connectivity index (χ2n) is 8.91. The summed E-state index contributed by atoms with van der Waals surface area (Å²) in [5, 5.41) is 4.49. The molecule has 2 aliphatic carbocycles. The van der Waals surface area contributed by atoms with E-state index < -0.39 is 0 Å². The molecule has 5 rings (SSSR count). The van der Waals surface area contributed by atoms with Gasteiger partial charge in [0.05, 0.1) is 16.2 Å². The first-order valence-electron chi connectivity index (χ1n) is 10.6. The first kappa shape index (κ1) is 19.5. The molecule has 0 bridgehead atoms. The van der Waals surface area contributed by atoms with Crippen LogP contribution in [-0.4, -0.2) is 10.9 Å². The fourth-order valence-electron chi connectivity index (χ4n) is 5.41.